The number of rotatable bonds is 4. The van der Waals surface area contributed by atoms with Crippen LogP contribution in [0.1, 0.15) is 13.3 Å². The van der Waals surface area contributed by atoms with Crippen LogP contribution in [-0.2, 0) is 7.05 Å². The molecule has 0 unspecified atom stereocenters. The molecule has 4 heteroatoms. The summed E-state index contributed by atoms with van der Waals surface area (Å²) in [5.41, 5.74) is 3.08. The van der Waals surface area contributed by atoms with Gasteiger partial charge in [0.1, 0.15) is 0 Å². The molecule has 0 atom stereocenters. The minimum absolute atomic E-state index is 0.945. The predicted molar refractivity (Wildman–Crippen MR) is 65.2 cm³/mol. The Morgan fingerprint density at radius 1 is 1.31 bits per heavy atom. The summed E-state index contributed by atoms with van der Waals surface area (Å²) in [5.74, 6) is 0. The molecule has 0 fully saturated rings. The molecule has 4 nitrogen and oxygen atoms in total. The maximum Gasteiger partial charge on any atom is 0.0903 e. The van der Waals surface area contributed by atoms with Gasteiger partial charge in [0.25, 0.3) is 0 Å². The number of nitrogens with one attached hydrogen (secondary N) is 1. The molecule has 1 N–H and O–H groups in total. The van der Waals surface area contributed by atoms with Crippen LogP contribution in [0.25, 0.3) is 11.4 Å². The first-order chi connectivity index (χ1) is 7.81. The van der Waals surface area contributed by atoms with Crippen molar-refractivity contribution in [1.82, 2.24) is 14.8 Å². The average molecular weight is 216 g/mol. The summed E-state index contributed by atoms with van der Waals surface area (Å²) in [5, 5.41) is 7.49. The Morgan fingerprint density at radius 2 is 2.19 bits per heavy atom. The maximum absolute atomic E-state index is 4.35. The Hall–Kier alpha value is -1.84. The molecule has 0 bridgehead atoms. The fourth-order valence-corrected chi connectivity index (χ4v) is 1.58. The quantitative estimate of drug-likeness (QED) is 0.852. The van der Waals surface area contributed by atoms with Gasteiger partial charge >= 0.3 is 0 Å². The molecular weight excluding hydrogens is 200 g/mol. The minimum Gasteiger partial charge on any atom is -0.385 e. The van der Waals surface area contributed by atoms with Crippen molar-refractivity contribution in [1.29, 1.82) is 0 Å². The van der Waals surface area contributed by atoms with E-state index in [1.807, 2.05) is 36.1 Å². The normalized spacial score (nSPS) is 10.4. The van der Waals surface area contributed by atoms with Gasteiger partial charge in [0.05, 0.1) is 11.4 Å². The lowest BCUT2D eigenvalue weighted by Gasteiger charge is -2.06. The Kier molecular flexibility index (Phi) is 3.19. The largest absolute Gasteiger partial charge is 0.385 e. The van der Waals surface area contributed by atoms with Crippen LogP contribution in [0.2, 0.25) is 0 Å². The highest BCUT2D eigenvalue weighted by Crippen LogP contribution is 2.18. The zero-order valence-corrected chi connectivity index (χ0v) is 9.64. The molecule has 0 radical (unpaired) electrons. The highest BCUT2D eigenvalue weighted by atomic mass is 15.3. The van der Waals surface area contributed by atoms with Gasteiger partial charge in [-0.25, -0.2) is 0 Å². The lowest BCUT2D eigenvalue weighted by Crippen LogP contribution is -2.01. The highest BCUT2D eigenvalue weighted by molar-refractivity contribution is 5.60. The molecule has 0 aliphatic rings. The molecule has 2 rings (SSSR count). The zero-order chi connectivity index (χ0) is 11.4. The fourth-order valence-electron chi connectivity index (χ4n) is 1.58. The van der Waals surface area contributed by atoms with Crippen LogP contribution in [0.4, 0.5) is 5.69 Å². The van der Waals surface area contributed by atoms with Gasteiger partial charge in [-0.1, -0.05) is 6.92 Å². The van der Waals surface area contributed by atoms with Gasteiger partial charge < -0.3 is 5.32 Å². The van der Waals surface area contributed by atoms with Crippen LogP contribution < -0.4 is 5.32 Å². The molecule has 2 aromatic rings. The van der Waals surface area contributed by atoms with Crippen LogP contribution in [0.15, 0.2) is 30.6 Å². The monoisotopic (exact) mass is 216 g/mol. The van der Waals surface area contributed by atoms with Crippen LogP contribution in [0.5, 0.6) is 0 Å². The third-order valence-corrected chi connectivity index (χ3v) is 2.42. The molecule has 16 heavy (non-hydrogen) atoms. The molecule has 0 amide bonds. The van der Waals surface area contributed by atoms with E-state index in [1.54, 1.807) is 6.20 Å². The number of anilines is 1. The minimum atomic E-state index is 0.945. The Morgan fingerprint density at radius 3 is 2.88 bits per heavy atom. The van der Waals surface area contributed by atoms with E-state index in [0.717, 1.165) is 30.0 Å². The summed E-state index contributed by atoms with van der Waals surface area (Å²) in [7, 11) is 1.92. The van der Waals surface area contributed by atoms with Crippen molar-refractivity contribution in [2.75, 3.05) is 11.9 Å². The van der Waals surface area contributed by atoms with Gasteiger partial charge in [-0.05, 0) is 24.6 Å². The average Bonchev–Trinajstić information content (AvgIpc) is 2.73. The molecule has 0 saturated carbocycles. The van der Waals surface area contributed by atoms with Crippen LogP contribution >= 0.6 is 0 Å². The van der Waals surface area contributed by atoms with E-state index >= 15 is 0 Å². The number of pyridine rings is 1. The number of aromatic nitrogens is 3. The van der Waals surface area contributed by atoms with Gasteiger partial charge in [0, 0.05) is 31.7 Å². The summed E-state index contributed by atoms with van der Waals surface area (Å²) >= 11 is 0. The van der Waals surface area contributed by atoms with Gasteiger partial charge in [0.15, 0.2) is 0 Å². The summed E-state index contributed by atoms with van der Waals surface area (Å²) in [6, 6.07) is 5.99. The van der Waals surface area contributed by atoms with E-state index < -0.39 is 0 Å². The van der Waals surface area contributed by atoms with Crippen LogP contribution in [0.3, 0.4) is 0 Å². The Balaban J connectivity index is 2.26. The third-order valence-electron chi connectivity index (χ3n) is 2.42. The van der Waals surface area contributed by atoms with Crippen molar-refractivity contribution in [3.63, 3.8) is 0 Å². The van der Waals surface area contributed by atoms with Gasteiger partial charge in [-0.3, -0.25) is 9.67 Å². The van der Waals surface area contributed by atoms with E-state index in [1.165, 1.54) is 0 Å². The summed E-state index contributed by atoms with van der Waals surface area (Å²) < 4.78 is 1.83. The first-order valence-electron chi connectivity index (χ1n) is 5.49. The van der Waals surface area contributed by atoms with Gasteiger partial charge in [-0.15, -0.1) is 0 Å². The van der Waals surface area contributed by atoms with Crippen molar-refractivity contribution in [3.8, 4) is 11.4 Å². The zero-order valence-electron chi connectivity index (χ0n) is 9.64. The molecular formula is C12H16N4. The SMILES string of the molecule is CCCNc1ccnc(-c2ccnn2C)c1. The number of aryl methyl sites for hydroxylation is 1. The smallest absolute Gasteiger partial charge is 0.0903 e. The standard InChI is InChI=1S/C12H16N4/c1-3-6-13-10-4-7-14-11(9-10)12-5-8-15-16(12)2/h4-5,7-9H,3,6H2,1-2H3,(H,13,14). The summed E-state index contributed by atoms with van der Waals surface area (Å²) in [6.07, 6.45) is 4.72. The van der Waals surface area contributed by atoms with Crippen molar-refractivity contribution in [2.45, 2.75) is 13.3 Å². The second-order valence-corrected chi connectivity index (χ2v) is 3.70. The molecule has 2 heterocycles. The van der Waals surface area contributed by atoms with E-state index in [-0.39, 0.29) is 0 Å². The maximum atomic E-state index is 4.35. The first-order valence-corrected chi connectivity index (χ1v) is 5.49. The fraction of sp³-hybridized carbons (Fsp3) is 0.333. The highest BCUT2D eigenvalue weighted by Gasteiger charge is 2.04. The lowest BCUT2D eigenvalue weighted by atomic mass is 10.2. The van der Waals surface area contributed by atoms with E-state index in [4.69, 9.17) is 0 Å². The second kappa shape index (κ2) is 4.79. The van der Waals surface area contributed by atoms with Crippen molar-refractivity contribution in [3.05, 3.63) is 30.6 Å². The van der Waals surface area contributed by atoms with Crippen molar-refractivity contribution < 1.29 is 0 Å². The van der Waals surface area contributed by atoms with Crippen LogP contribution in [0, 0.1) is 0 Å². The Labute approximate surface area is 95.3 Å². The number of hydrogen-bond acceptors (Lipinski definition) is 3. The Bertz CT molecular complexity index is 462. The topological polar surface area (TPSA) is 42.7 Å². The molecule has 2 aromatic heterocycles. The predicted octanol–water partition coefficient (Wildman–Crippen LogP) is 2.30. The number of nitrogens with zero attached hydrogens (tertiary/aromatic N) is 3. The number of hydrogen-bond donors (Lipinski definition) is 1. The second-order valence-electron chi connectivity index (χ2n) is 3.70. The van der Waals surface area contributed by atoms with Crippen molar-refractivity contribution in [2.24, 2.45) is 7.05 Å². The lowest BCUT2D eigenvalue weighted by molar-refractivity contribution is 0.773. The van der Waals surface area contributed by atoms with Crippen molar-refractivity contribution >= 4 is 5.69 Å². The summed E-state index contributed by atoms with van der Waals surface area (Å²) in [4.78, 5) is 4.35. The van der Waals surface area contributed by atoms with E-state index in [0.29, 0.717) is 0 Å². The van der Waals surface area contributed by atoms with Gasteiger partial charge in [0.2, 0.25) is 0 Å². The molecule has 84 valence electrons. The van der Waals surface area contributed by atoms with E-state index in [2.05, 4.69) is 22.3 Å². The van der Waals surface area contributed by atoms with Crippen LogP contribution in [-0.4, -0.2) is 21.3 Å². The first kappa shape index (κ1) is 10.7. The molecule has 0 saturated heterocycles. The third kappa shape index (κ3) is 2.21. The molecule has 0 aliphatic heterocycles. The molecule has 0 spiro atoms. The summed E-state index contributed by atoms with van der Waals surface area (Å²) in [6.45, 7) is 3.13. The van der Waals surface area contributed by atoms with E-state index in [9.17, 15) is 0 Å². The molecule has 0 aromatic carbocycles. The van der Waals surface area contributed by atoms with Gasteiger partial charge in [-0.2, -0.15) is 5.10 Å². The molecule has 0 aliphatic carbocycles.